The van der Waals surface area contributed by atoms with Crippen LogP contribution in [-0.2, 0) is 0 Å². The molecule has 0 unspecified atom stereocenters. The van der Waals surface area contributed by atoms with Gasteiger partial charge in [0.1, 0.15) is 0 Å². The molecule has 0 aliphatic rings. The SMILES string of the molecule is CN(C)[SiH](N(C)C)N(C)C.N[SiH3]. The van der Waals surface area contributed by atoms with E-state index in [0.29, 0.717) is 0 Å². The number of rotatable bonds is 3. The lowest BCUT2D eigenvalue weighted by molar-refractivity contribution is 0.420. The van der Waals surface area contributed by atoms with Gasteiger partial charge in [-0.3, -0.25) is 0 Å². The summed E-state index contributed by atoms with van der Waals surface area (Å²) in [6.07, 6.45) is 0. The molecule has 2 N–H and O–H groups in total. The standard InChI is InChI=1S/C6H19N3Si.H5NSi/c1-7(2)10(8(3)4)9(5)6;1-2/h10H,1-6H3;1H2,2H3. The van der Waals surface area contributed by atoms with Crippen LogP contribution in [0.3, 0.4) is 0 Å². The zero-order valence-electron chi connectivity index (χ0n) is 9.50. The van der Waals surface area contributed by atoms with E-state index >= 15 is 0 Å². The van der Waals surface area contributed by atoms with Gasteiger partial charge in [0.25, 0.3) is 9.28 Å². The second-order valence-corrected chi connectivity index (χ2v) is 7.03. The highest BCUT2D eigenvalue weighted by atomic mass is 28.3. The second kappa shape index (κ2) is 7.90. The van der Waals surface area contributed by atoms with Crippen molar-refractivity contribution in [1.29, 1.82) is 0 Å². The monoisotopic (exact) mass is 208 g/mol. The molecule has 76 valence electrons. The van der Waals surface area contributed by atoms with Crippen LogP contribution < -0.4 is 5.40 Å². The first-order chi connectivity index (χ1) is 5.46. The molecule has 0 rings (SSSR count). The number of hydrogen-bond acceptors (Lipinski definition) is 4. The van der Waals surface area contributed by atoms with Gasteiger partial charge in [-0.15, -0.1) is 0 Å². The van der Waals surface area contributed by atoms with E-state index in [4.69, 9.17) is 0 Å². The quantitative estimate of drug-likeness (QED) is 0.525. The van der Waals surface area contributed by atoms with Crippen LogP contribution >= 0.6 is 0 Å². The van der Waals surface area contributed by atoms with Crippen molar-refractivity contribution in [3.8, 4) is 0 Å². The maximum Gasteiger partial charge on any atom is 0.271 e. The minimum atomic E-state index is -0.954. The first kappa shape index (κ1) is 14.8. The molecule has 12 heavy (non-hydrogen) atoms. The fourth-order valence-corrected chi connectivity index (χ4v) is 4.16. The number of hydrogen-bond donors (Lipinski definition) is 1. The lowest BCUT2D eigenvalue weighted by Gasteiger charge is -2.33. The van der Waals surface area contributed by atoms with E-state index in [0.717, 1.165) is 10.4 Å². The lowest BCUT2D eigenvalue weighted by atomic mass is 11.2. The molecule has 0 heterocycles. The van der Waals surface area contributed by atoms with Crippen LogP contribution in [0, 0.1) is 0 Å². The Morgan fingerprint density at radius 2 is 0.917 bits per heavy atom. The van der Waals surface area contributed by atoms with Crippen molar-refractivity contribution in [2.24, 2.45) is 5.40 Å². The Morgan fingerprint density at radius 3 is 0.917 bits per heavy atom. The van der Waals surface area contributed by atoms with Crippen LogP contribution in [-0.4, -0.2) is 75.7 Å². The van der Waals surface area contributed by atoms with Gasteiger partial charge < -0.3 is 19.1 Å². The summed E-state index contributed by atoms with van der Waals surface area (Å²) in [5, 5.41) is 4.64. The van der Waals surface area contributed by atoms with Crippen LogP contribution in [0.25, 0.3) is 0 Å². The average molecular weight is 208 g/mol. The highest BCUT2D eigenvalue weighted by molar-refractivity contribution is 6.49. The van der Waals surface area contributed by atoms with E-state index in [-0.39, 0.29) is 0 Å². The number of nitrogens with zero attached hydrogens (tertiary/aromatic N) is 3. The molecule has 0 aromatic carbocycles. The van der Waals surface area contributed by atoms with Gasteiger partial charge in [-0.1, -0.05) is 0 Å². The van der Waals surface area contributed by atoms with Crippen LogP contribution in [0.15, 0.2) is 0 Å². The van der Waals surface area contributed by atoms with Crippen molar-refractivity contribution in [2.75, 3.05) is 42.3 Å². The van der Waals surface area contributed by atoms with Crippen LogP contribution in [0.5, 0.6) is 0 Å². The summed E-state index contributed by atoms with van der Waals surface area (Å²) >= 11 is 0. The van der Waals surface area contributed by atoms with Crippen LogP contribution in [0.2, 0.25) is 0 Å². The Kier molecular flexibility index (Phi) is 9.73. The van der Waals surface area contributed by atoms with Crippen LogP contribution in [0.1, 0.15) is 0 Å². The van der Waals surface area contributed by atoms with Crippen molar-refractivity contribution < 1.29 is 0 Å². The van der Waals surface area contributed by atoms with Gasteiger partial charge in [0.2, 0.25) is 0 Å². The topological polar surface area (TPSA) is 35.7 Å². The van der Waals surface area contributed by atoms with E-state index < -0.39 is 9.28 Å². The first-order valence-corrected chi connectivity index (χ1v) is 6.74. The summed E-state index contributed by atoms with van der Waals surface area (Å²) in [6, 6.07) is 0. The molecule has 0 radical (unpaired) electrons. The Morgan fingerprint density at radius 1 is 0.750 bits per heavy atom. The molecule has 0 aliphatic heterocycles. The molecule has 0 fully saturated rings. The van der Waals surface area contributed by atoms with Crippen LogP contribution in [0.4, 0.5) is 0 Å². The van der Waals surface area contributed by atoms with Gasteiger partial charge in [-0.05, 0) is 42.3 Å². The second-order valence-electron chi connectivity index (χ2n) is 3.24. The molecule has 0 bridgehead atoms. The van der Waals surface area contributed by atoms with Gasteiger partial charge in [0.15, 0.2) is 0 Å². The van der Waals surface area contributed by atoms with Gasteiger partial charge in [-0.2, -0.15) is 0 Å². The van der Waals surface area contributed by atoms with Crippen molar-refractivity contribution >= 4 is 19.7 Å². The fourth-order valence-electron chi connectivity index (χ4n) is 1.39. The summed E-state index contributed by atoms with van der Waals surface area (Å²) in [7, 11) is 12.7. The normalized spacial score (nSPS) is 11.2. The summed E-state index contributed by atoms with van der Waals surface area (Å²) in [4.78, 5) is 0. The van der Waals surface area contributed by atoms with E-state index in [2.05, 4.69) is 61.4 Å². The Hall–Kier alpha value is 0.274. The van der Waals surface area contributed by atoms with Crippen molar-refractivity contribution in [1.82, 2.24) is 13.7 Å². The van der Waals surface area contributed by atoms with Gasteiger partial charge in [0.05, 0.1) is 10.4 Å². The zero-order valence-corrected chi connectivity index (χ0v) is 12.7. The van der Waals surface area contributed by atoms with Crippen molar-refractivity contribution in [3.63, 3.8) is 0 Å². The summed E-state index contributed by atoms with van der Waals surface area (Å²) in [5.74, 6) is 0. The third kappa shape index (κ3) is 5.87. The molecular weight excluding hydrogens is 184 g/mol. The molecular formula is C6H24N4Si2. The lowest BCUT2D eigenvalue weighted by Crippen LogP contribution is -2.55. The predicted octanol–water partition coefficient (Wildman–Crippen LogP) is -2.39. The Labute approximate surface area is 81.7 Å². The molecule has 6 heteroatoms. The maximum absolute atomic E-state index is 4.64. The Balaban J connectivity index is 0. The zero-order chi connectivity index (χ0) is 10.3. The number of nitrogens with two attached hydrogens (primary N) is 1. The maximum atomic E-state index is 4.64. The van der Waals surface area contributed by atoms with E-state index in [1.54, 1.807) is 0 Å². The minimum absolute atomic E-state index is 0.806. The molecule has 0 aromatic rings. The highest BCUT2D eigenvalue weighted by Crippen LogP contribution is 1.93. The fraction of sp³-hybridized carbons (Fsp3) is 1.00. The van der Waals surface area contributed by atoms with E-state index in [1.807, 2.05) is 0 Å². The van der Waals surface area contributed by atoms with Gasteiger partial charge >= 0.3 is 0 Å². The minimum Gasteiger partial charge on any atom is -0.358 e. The van der Waals surface area contributed by atoms with Crippen molar-refractivity contribution in [3.05, 3.63) is 0 Å². The molecule has 0 amide bonds. The molecule has 4 nitrogen and oxygen atoms in total. The summed E-state index contributed by atoms with van der Waals surface area (Å²) in [6.45, 7) is 0. The third-order valence-corrected chi connectivity index (χ3v) is 4.16. The Bertz CT molecular complexity index is 78.5. The van der Waals surface area contributed by atoms with Gasteiger partial charge in [0, 0.05) is 0 Å². The van der Waals surface area contributed by atoms with Crippen molar-refractivity contribution in [2.45, 2.75) is 0 Å². The van der Waals surface area contributed by atoms with Gasteiger partial charge in [-0.25, -0.2) is 0 Å². The van der Waals surface area contributed by atoms with E-state index in [9.17, 15) is 0 Å². The largest absolute Gasteiger partial charge is 0.358 e. The van der Waals surface area contributed by atoms with E-state index in [1.165, 1.54) is 0 Å². The molecule has 0 aliphatic carbocycles. The molecule has 0 spiro atoms. The third-order valence-electron chi connectivity index (χ3n) is 1.39. The molecule has 0 atom stereocenters. The predicted molar refractivity (Wildman–Crippen MR) is 62.3 cm³/mol. The highest BCUT2D eigenvalue weighted by Gasteiger charge is 2.18. The summed E-state index contributed by atoms with van der Waals surface area (Å²) < 4.78 is 6.92. The molecule has 0 saturated carbocycles. The summed E-state index contributed by atoms with van der Waals surface area (Å²) in [5.41, 5.74) is 0. The average Bonchev–Trinajstić information content (AvgIpc) is 1.88. The smallest absolute Gasteiger partial charge is 0.271 e. The first-order valence-electron chi connectivity index (χ1n) is 4.04. The molecule has 0 aromatic heterocycles. The molecule has 0 saturated heterocycles.